The molecule has 0 aliphatic carbocycles. The maximum absolute atomic E-state index is 12.7. The molecule has 0 fully saturated rings. The van der Waals surface area contributed by atoms with Crippen LogP contribution < -0.4 is 22.1 Å². The Hall–Kier alpha value is -4.98. The number of phenols is 2. The fourth-order valence-electron chi connectivity index (χ4n) is 3.69. The molecule has 0 heterocycles. The molecule has 0 aliphatic rings. The van der Waals surface area contributed by atoms with Crippen molar-refractivity contribution in [1.82, 2.24) is 0 Å². The van der Waals surface area contributed by atoms with E-state index in [1.807, 2.05) is 13.8 Å². The molecule has 3 aromatic carbocycles. The van der Waals surface area contributed by atoms with Crippen molar-refractivity contribution in [3.05, 3.63) is 113 Å². The molecular weight excluding hydrogens is 480 g/mol. The molecule has 2 amide bonds. The van der Waals surface area contributed by atoms with Gasteiger partial charge in [-0.2, -0.15) is 0 Å². The second kappa shape index (κ2) is 11.4. The van der Waals surface area contributed by atoms with Crippen molar-refractivity contribution in [2.24, 2.45) is 5.73 Å². The number of nitrogen functional groups attached to an aromatic ring is 1. The molecule has 38 heavy (non-hydrogen) atoms. The summed E-state index contributed by atoms with van der Waals surface area (Å²) >= 11 is 0. The number of aromatic hydroxyl groups is 2. The van der Waals surface area contributed by atoms with Crippen LogP contribution in [0.25, 0.3) is 0 Å². The highest BCUT2D eigenvalue weighted by Gasteiger charge is 2.26. The molecule has 0 saturated carbocycles. The lowest BCUT2D eigenvalue weighted by Gasteiger charge is -2.27. The van der Waals surface area contributed by atoms with Crippen molar-refractivity contribution in [2.75, 3.05) is 16.4 Å². The Bertz CT molecular complexity index is 1450. The summed E-state index contributed by atoms with van der Waals surface area (Å²) in [6.45, 7) is 9.37. The minimum absolute atomic E-state index is 0.0910. The van der Waals surface area contributed by atoms with E-state index >= 15 is 0 Å². The van der Waals surface area contributed by atoms with Crippen LogP contribution in [0.15, 0.2) is 96.7 Å². The van der Waals surface area contributed by atoms with E-state index in [9.17, 15) is 19.8 Å². The quantitative estimate of drug-likeness (QED) is 0.106. The molecule has 0 aliphatic heterocycles. The average molecular weight is 513 g/mol. The lowest BCUT2D eigenvalue weighted by molar-refractivity contribution is -0.112. The van der Waals surface area contributed by atoms with Crippen LogP contribution in [-0.4, -0.2) is 22.0 Å². The third kappa shape index (κ3) is 6.61. The Kier molecular flexibility index (Phi) is 8.27. The Morgan fingerprint density at radius 1 is 0.921 bits per heavy atom. The van der Waals surface area contributed by atoms with Gasteiger partial charge in [-0.15, -0.1) is 0 Å². The first-order chi connectivity index (χ1) is 17.9. The number of anilines is 3. The van der Waals surface area contributed by atoms with E-state index in [0.29, 0.717) is 16.9 Å². The number of hydrogen-bond acceptors (Lipinski definition) is 6. The van der Waals surface area contributed by atoms with Gasteiger partial charge in [0, 0.05) is 27.9 Å². The molecule has 8 nitrogen and oxygen atoms in total. The van der Waals surface area contributed by atoms with Gasteiger partial charge in [0.2, 0.25) is 0 Å². The Labute approximate surface area is 222 Å². The van der Waals surface area contributed by atoms with Crippen LogP contribution in [0.5, 0.6) is 11.5 Å². The molecule has 8 N–H and O–H groups in total. The van der Waals surface area contributed by atoms with Crippen LogP contribution in [0.4, 0.5) is 17.1 Å². The van der Waals surface area contributed by atoms with Gasteiger partial charge in [0.1, 0.15) is 11.5 Å². The molecule has 0 bridgehead atoms. The van der Waals surface area contributed by atoms with Crippen molar-refractivity contribution >= 4 is 28.9 Å². The summed E-state index contributed by atoms with van der Waals surface area (Å²) in [6.07, 6.45) is 4.78. The lowest BCUT2D eigenvalue weighted by Crippen LogP contribution is -2.21. The minimum atomic E-state index is -0.641. The molecule has 8 heteroatoms. The van der Waals surface area contributed by atoms with Crippen LogP contribution in [0.3, 0.4) is 0 Å². The highest BCUT2D eigenvalue weighted by atomic mass is 16.3. The van der Waals surface area contributed by atoms with E-state index in [1.165, 1.54) is 18.2 Å². The van der Waals surface area contributed by atoms with Crippen LogP contribution >= 0.6 is 0 Å². The number of benzene rings is 3. The zero-order valence-electron chi connectivity index (χ0n) is 21.6. The number of phenolic OH excluding ortho intramolecular Hbond substituents is 2. The van der Waals surface area contributed by atoms with Crippen molar-refractivity contribution in [3.8, 4) is 11.5 Å². The van der Waals surface area contributed by atoms with Crippen molar-refractivity contribution in [1.29, 1.82) is 0 Å². The standard InChI is InChI=1S/C30H32N4O4/c1-18(7-5-8-19(2)31)28(37)33-24-16-21(11-13-26(24)35)30(3,4)22-12-14-27(36)25(17-22)34-29(38)20-9-6-10-23(32)15-20/h5-17,35-36H,1,31-32H2,2-4H3,(H,33,37)(H,34,38)/b7-5-,19-8+. The Morgan fingerprint density at radius 2 is 1.50 bits per heavy atom. The molecular formula is C30H32N4O4. The van der Waals surface area contributed by atoms with Crippen LogP contribution in [-0.2, 0) is 10.2 Å². The normalized spacial score (nSPS) is 11.8. The molecule has 196 valence electrons. The Balaban J connectivity index is 1.86. The monoisotopic (exact) mass is 512 g/mol. The molecule has 0 atom stereocenters. The van der Waals surface area contributed by atoms with Gasteiger partial charge in [0.15, 0.2) is 0 Å². The van der Waals surface area contributed by atoms with Gasteiger partial charge in [0.25, 0.3) is 11.8 Å². The van der Waals surface area contributed by atoms with Crippen molar-refractivity contribution in [2.45, 2.75) is 26.2 Å². The van der Waals surface area contributed by atoms with E-state index in [4.69, 9.17) is 11.5 Å². The molecule has 0 saturated heterocycles. The van der Waals surface area contributed by atoms with Gasteiger partial charge in [-0.3, -0.25) is 9.59 Å². The van der Waals surface area contributed by atoms with Crippen LogP contribution in [0.1, 0.15) is 42.3 Å². The SMILES string of the molecule is C=C(/C=C\C=C(/C)N)C(=O)Nc1cc(C(C)(C)c2ccc(O)c(NC(=O)c3cccc(N)c3)c2)ccc1O. The van der Waals surface area contributed by atoms with Crippen LogP contribution in [0, 0.1) is 0 Å². The molecule has 0 spiro atoms. The number of rotatable bonds is 8. The van der Waals surface area contributed by atoms with Gasteiger partial charge in [0.05, 0.1) is 11.4 Å². The van der Waals surface area contributed by atoms with Crippen LogP contribution in [0.2, 0.25) is 0 Å². The maximum atomic E-state index is 12.7. The Morgan fingerprint density at radius 3 is 2.05 bits per heavy atom. The third-order valence-corrected chi connectivity index (χ3v) is 6.03. The summed E-state index contributed by atoms with van der Waals surface area (Å²) in [5.74, 6) is -1.09. The second-order valence-corrected chi connectivity index (χ2v) is 9.42. The van der Waals surface area contributed by atoms with Crippen molar-refractivity contribution in [3.63, 3.8) is 0 Å². The fourth-order valence-corrected chi connectivity index (χ4v) is 3.69. The first-order valence-corrected chi connectivity index (χ1v) is 11.8. The number of nitrogens with one attached hydrogen (secondary N) is 2. The number of amides is 2. The highest BCUT2D eigenvalue weighted by Crippen LogP contribution is 2.38. The van der Waals surface area contributed by atoms with Gasteiger partial charge >= 0.3 is 0 Å². The molecule has 0 unspecified atom stereocenters. The van der Waals surface area contributed by atoms with E-state index in [2.05, 4.69) is 17.2 Å². The highest BCUT2D eigenvalue weighted by molar-refractivity contribution is 6.06. The summed E-state index contributed by atoms with van der Waals surface area (Å²) in [7, 11) is 0. The van der Waals surface area contributed by atoms with Gasteiger partial charge in [-0.25, -0.2) is 0 Å². The number of nitrogens with two attached hydrogens (primary N) is 2. The first-order valence-electron chi connectivity index (χ1n) is 11.8. The third-order valence-electron chi connectivity index (χ3n) is 6.03. The summed E-state index contributed by atoms with van der Waals surface area (Å²) in [5, 5.41) is 26.2. The fraction of sp³-hybridized carbons (Fsp3) is 0.133. The average Bonchev–Trinajstić information content (AvgIpc) is 2.86. The molecule has 3 aromatic rings. The van der Waals surface area contributed by atoms with Gasteiger partial charge in [-0.1, -0.05) is 44.7 Å². The number of allylic oxidation sites excluding steroid dienone is 3. The maximum Gasteiger partial charge on any atom is 0.255 e. The number of hydrogen-bond donors (Lipinski definition) is 6. The largest absolute Gasteiger partial charge is 0.506 e. The van der Waals surface area contributed by atoms with E-state index < -0.39 is 17.2 Å². The smallest absolute Gasteiger partial charge is 0.255 e. The summed E-state index contributed by atoms with van der Waals surface area (Å²) in [4.78, 5) is 25.3. The van der Waals surface area contributed by atoms with Crippen molar-refractivity contribution < 1.29 is 19.8 Å². The first kappa shape index (κ1) is 27.6. The zero-order valence-corrected chi connectivity index (χ0v) is 21.6. The van der Waals surface area contributed by atoms with E-state index in [-0.39, 0.29) is 28.4 Å². The lowest BCUT2D eigenvalue weighted by atomic mass is 9.77. The summed E-state index contributed by atoms with van der Waals surface area (Å²) in [5.41, 5.74) is 14.3. The predicted octanol–water partition coefficient (Wildman–Crippen LogP) is 5.17. The molecule has 3 rings (SSSR count). The summed E-state index contributed by atoms with van der Waals surface area (Å²) in [6, 6.07) is 16.4. The minimum Gasteiger partial charge on any atom is -0.506 e. The van der Waals surface area contributed by atoms with Gasteiger partial charge in [-0.05, 0) is 72.7 Å². The number of carbonyl (C=O) groups excluding carboxylic acids is 2. The van der Waals surface area contributed by atoms with E-state index in [0.717, 1.165) is 11.1 Å². The molecule has 0 radical (unpaired) electrons. The van der Waals surface area contributed by atoms with E-state index in [1.54, 1.807) is 67.6 Å². The topological polar surface area (TPSA) is 151 Å². The predicted molar refractivity (Wildman–Crippen MR) is 152 cm³/mol. The zero-order chi connectivity index (χ0) is 28.0. The number of carbonyl (C=O) groups is 2. The molecule has 0 aromatic heterocycles. The van der Waals surface area contributed by atoms with Gasteiger partial charge < -0.3 is 32.3 Å². The second-order valence-electron chi connectivity index (χ2n) is 9.42. The summed E-state index contributed by atoms with van der Waals surface area (Å²) < 4.78 is 0.